The van der Waals surface area contributed by atoms with Gasteiger partial charge in [0.25, 0.3) is 0 Å². The molecule has 3 rings (SSSR count). The summed E-state index contributed by atoms with van der Waals surface area (Å²) in [6.45, 7) is 3.68. The van der Waals surface area contributed by atoms with Crippen molar-refractivity contribution in [1.29, 1.82) is 0 Å². The minimum atomic E-state index is -4.51. The van der Waals surface area contributed by atoms with Crippen LogP contribution in [0.3, 0.4) is 0 Å². The molecule has 0 atom stereocenters. The molecule has 1 N–H and O–H groups in total. The second kappa shape index (κ2) is 7.63. The average Bonchev–Trinajstić information content (AvgIpc) is 3.23. The van der Waals surface area contributed by atoms with Gasteiger partial charge >= 0.3 is 12.1 Å². The lowest BCUT2D eigenvalue weighted by Crippen LogP contribution is -2.09. The summed E-state index contributed by atoms with van der Waals surface area (Å²) >= 11 is 1.25. The largest absolute Gasteiger partial charge is 0.491 e. The molecule has 0 spiro atoms. The van der Waals surface area contributed by atoms with E-state index in [-0.39, 0.29) is 24.0 Å². The van der Waals surface area contributed by atoms with Gasteiger partial charge in [-0.2, -0.15) is 18.3 Å². The van der Waals surface area contributed by atoms with Gasteiger partial charge in [-0.05, 0) is 32.0 Å². The number of nitrogens with zero attached hydrogens (tertiary/aromatic N) is 3. The van der Waals surface area contributed by atoms with Crippen molar-refractivity contribution in [2.45, 2.75) is 32.7 Å². The SMILES string of the molecule is CC(C)Oc1cc(-c2csc(Cn3cc(C(=O)O)cn3)n2)cc(C(F)(F)F)c1. The Morgan fingerprint density at radius 1 is 1.32 bits per heavy atom. The van der Waals surface area contributed by atoms with Gasteiger partial charge in [0.15, 0.2) is 0 Å². The van der Waals surface area contributed by atoms with E-state index in [1.54, 1.807) is 19.2 Å². The smallest absolute Gasteiger partial charge is 0.416 e. The van der Waals surface area contributed by atoms with Gasteiger partial charge in [-0.25, -0.2) is 9.78 Å². The number of alkyl halides is 3. The topological polar surface area (TPSA) is 77.2 Å². The van der Waals surface area contributed by atoms with Gasteiger partial charge in [0.2, 0.25) is 0 Å². The van der Waals surface area contributed by atoms with Crippen molar-refractivity contribution < 1.29 is 27.8 Å². The number of hydrogen-bond donors (Lipinski definition) is 1. The molecule has 0 saturated heterocycles. The molecule has 6 nitrogen and oxygen atoms in total. The monoisotopic (exact) mass is 411 g/mol. The van der Waals surface area contributed by atoms with E-state index in [4.69, 9.17) is 9.84 Å². The Hall–Kier alpha value is -2.88. The van der Waals surface area contributed by atoms with E-state index in [0.717, 1.165) is 12.1 Å². The molecule has 0 unspecified atom stereocenters. The molecular weight excluding hydrogens is 395 g/mol. The average molecular weight is 411 g/mol. The number of carboxylic acids is 1. The number of rotatable bonds is 6. The Kier molecular flexibility index (Phi) is 5.41. The van der Waals surface area contributed by atoms with Crippen LogP contribution in [0.15, 0.2) is 36.0 Å². The zero-order valence-corrected chi connectivity index (χ0v) is 15.7. The van der Waals surface area contributed by atoms with Crippen molar-refractivity contribution in [3.05, 3.63) is 52.1 Å². The summed E-state index contributed by atoms with van der Waals surface area (Å²) in [5.74, 6) is -0.972. The fourth-order valence-corrected chi connectivity index (χ4v) is 3.26. The normalized spacial score (nSPS) is 11.8. The van der Waals surface area contributed by atoms with Crippen LogP contribution in [0.2, 0.25) is 0 Å². The summed E-state index contributed by atoms with van der Waals surface area (Å²) in [6, 6.07) is 3.51. The molecule has 2 heterocycles. The number of hydrogen-bond acceptors (Lipinski definition) is 5. The number of aromatic carboxylic acids is 1. The van der Waals surface area contributed by atoms with Crippen molar-refractivity contribution in [2.75, 3.05) is 0 Å². The first-order valence-electron chi connectivity index (χ1n) is 8.21. The fraction of sp³-hybridized carbons (Fsp3) is 0.278. The molecule has 0 radical (unpaired) electrons. The molecule has 3 aromatic rings. The molecule has 10 heteroatoms. The Bertz CT molecular complexity index is 995. The summed E-state index contributed by atoms with van der Waals surface area (Å²) in [5, 5.41) is 15.1. The third-order valence-electron chi connectivity index (χ3n) is 3.63. The molecule has 0 saturated carbocycles. The van der Waals surface area contributed by atoms with Crippen molar-refractivity contribution in [1.82, 2.24) is 14.8 Å². The summed E-state index contributed by atoms with van der Waals surface area (Å²) < 4.78 is 46.5. The second-order valence-electron chi connectivity index (χ2n) is 6.27. The lowest BCUT2D eigenvalue weighted by atomic mass is 10.1. The van der Waals surface area contributed by atoms with E-state index in [1.165, 1.54) is 34.5 Å². The molecule has 0 aliphatic rings. The first-order valence-corrected chi connectivity index (χ1v) is 9.09. The van der Waals surface area contributed by atoms with E-state index in [2.05, 4.69) is 10.1 Å². The lowest BCUT2D eigenvalue weighted by molar-refractivity contribution is -0.137. The summed E-state index contributed by atoms with van der Waals surface area (Å²) in [7, 11) is 0. The van der Waals surface area contributed by atoms with Gasteiger partial charge in [-0.3, -0.25) is 4.68 Å². The van der Waals surface area contributed by atoms with Gasteiger partial charge in [-0.1, -0.05) is 0 Å². The Labute approximate surface area is 162 Å². The molecule has 28 heavy (non-hydrogen) atoms. The standard InChI is InChI=1S/C18H16F3N3O3S/c1-10(2)27-14-4-11(3-13(5-14)18(19,20)21)15-9-28-16(23-15)8-24-7-12(6-22-24)17(25)26/h3-7,9-10H,8H2,1-2H3,(H,25,26). The van der Waals surface area contributed by atoms with Crippen molar-refractivity contribution in [3.8, 4) is 17.0 Å². The predicted molar refractivity (Wildman–Crippen MR) is 96.6 cm³/mol. The Morgan fingerprint density at radius 2 is 2.07 bits per heavy atom. The van der Waals surface area contributed by atoms with Crippen LogP contribution in [-0.4, -0.2) is 31.9 Å². The number of halogens is 3. The highest BCUT2D eigenvalue weighted by molar-refractivity contribution is 7.09. The van der Waals surface area contributed by atoms with Crippen LogP contribution in [0.5, 0.6) is 5.75 Å². The van der Waals surface area contributed by atoms with Gasteiger partial charge in [0, 0.05) is 17.1 Å². The van der Waals surface area contributed by atoms with E-state index >= 15 is 0 Å². The molecule has 0 amide bonds. The highest BCUT2D eigenvalue weighted by Gasteiger charge is 2.32. The molecular formula is C18H16F3N3O3S. The number of aromatic nitrogens is 3. The molecule has 0 aliphatic carbocycles. The molecule has 1 aromatic carbocycles. The molecule has 2 aromatic heterocycles. The molecule has 0 bridgehead atoms. The van der Waals surface area contributed by atoms with Crippen LogP contribution in [0.1, 0.15) is 34.8 Å². The quantitative estimate of drug-likeness (QED) is 0.644. The highest BCUT2D eigenvalue weighted by atomic mass is 32.1. The van der Waals surface area contributed by atoms with E-state index in [9.17, 15) is 18.0 Å². The zero-order chi connectivity index (χ0) is 20.5. The molecule has 0 aliphatic heterocycles. The summed E-state index contributed by atoms with van der Waals surface area (Å²) in [4.78, 5) is 15.3. The Balaban J connectivity index is 1.89. The summed E-state index contributed by atoms with van der Waals surface area (Å²) in [6.07, 6.45) is -2.20. The van der Waals surface area contributed by atoms with E-state index < -0.39 is 17.7 Å². The number of carboxylic acid groups (broad SMARTS) is 1. The van der Waals surface area contributed by atoms with Crippen LogP contribution in [-0.2, 0) is 12.7 Å². The van der Waals surface area contributed by atoms with Crippen molar-refractivity contribution in [2.24, 2.45) is 0 Å². The number of ether oxygens (including phenoxy) is 1. The summed E-state index contributed by atoms with van der Waals surface area (Å²) in [5.41, 5.74) is -0.0940. The highest BCUT2D eigenvalue weighted by Crippen LogP contribution is 2.36. The fourth-order valence-electron chi connectivity index (χ4n) is 2.47. The van der Waals surface area contributed by atoms with Crippen LogP contribution in [0.4, 0.5) is 13.2 Å². The van der Waals surface area contributed by atoms with Crippen LogP contribution in [0, 0.1) is 0 Å². The first-order chi connectivity index (χ1) is 13.1. The van der Waals surface area contributed by atoms with Gasteiger partial charge in [-0.15, -0.1) is 11.3 Å². The van der Waals surface area contributed by atoms with Gasteiger partial charge < -0.3 is 9.84 Å². The van der Waals surface area contributed by atoms with Crippen LogP contribution < -0.4 is 4.74 Å². The van der Waals surface area contributed by atoms with Crippen molar-refractivity contribution >= 4 is 17.3 Å². The minimum Gasteiger partial charge on any atom is -0.491 e. The number of thiazole rings is 1. The maximum atomic E-state index is 13.2. The zero-order valence-electron chi connectivity index (χ0n) is 14.9. The number of carbonyl (C=O) groups is 1. The van der Waals surface area contributed by atoms with Gasteiger partial charge in [0.05, 0.1) is 35.7 Å². The maximum absolute atomic E-state index is 13.2. The van der Waals surface area contributed by atoms with Crippen LogP contribution in [0.25, 0.3) is 11.3 Å². The second-order valence-corrected chi connectivity index (χ2v) is 7.21. The first kappa shape index (κ1) is 19.9. The molecule has 0 fully saturated rings. The predicted octanol–water partition coefficient (Wildman–Crippen LogP) is 4.56. The third kappa shape index (κ3) is 4.69. The van der Waals surface area contributed by atoms with Gasteiger partial charge in [0.1, 0.15) is 10.8 Å². The Morgan fingerprint density at radius 3 is 2.68 bits per heavy atom. The minimum absolute atomic E-state index is 0.0464. The third-order valence-corrected chi connectivity index (χ3v) is 4.46. The van der Waals surface area contributed by atoms with Crippen molar-refractivity contribution in [3.63, 3.8) is 0 Å². The van der Waals surface area contributed by atoms with Crippen LogP contribution >= 0.6 is 11.3 Å². The van der Waals surface area contributed by atoms with E-state index in [0.29, 0.717) is 16.3 Å². The number of benzene rings is 1. The lowest BCUT2D eigenvalue weighted by Gasteiger charge is -2.14. The molecule has 148 valence electrons. The van der Waals surface area contributed by atoms with E-state index in [1.807, 2.05) is 0 Å². The maximum Gasteiger partial charge on any atom is 0.416 e.